The molecule has 0 radical (unpaired) electrons. The fraction of sp³-hybridized carbons (Fsp3) is 0.458. The van der Waals surface area contributed by atoms with Crippen molar-refractivity contribution in [2.75, 3.05) is 27.4 Å². The summed E-state index contributed by atoms with van der Waals surface area (Å²) < 4.78 is 11.0. The number of nitrogens with one attached hydrogen (secondary N) is 2. The van der Waals surface area contributed by atoms with Crippen molar-refractivity contribution in [2.24, 2.45) is 4.99 Å². The van der Waals surface area contributed by atoms with Crippen LogP contribution in [0.25, 0.3) is 0 Å². The highest BCUT2D eigenvalue weighted by molar-refractivity contribution is 5.79. The SMILES string of the molecule is CN=C(NCc1ccc(C)cc1OCCOC)NCc1c(O)ccc2c1CCCC2. The second kappa shape index (κ2) is 10.9. The Morgan fingerprint density at radius 1 is 1.07 bits per heavy atom. The van der Waals surface area contributed by atoms with Crippen LogP contribution < -0.4 is 15.4 Å². The fourth-order valence-electron chi connectivity index (χ4n) is 3.84. The van der Waals surface area contributed by atoms with Gasteiger partial charge >= 0.3 is 0 Å². The molecule has 162 valence electrons. The van der Waals surface area contributed by atoms with E-state index in [9.17, 15) is 5.11 Å². The quantitative estimate of drug-likeness (QED) is 0.352. The number of phenols is 1. The first-order valence-electron chi connectivity index (χ1n) is 10.6. The van der Waals surface area contributed by atoms with Gasteiger partial charge in [-0.1, -0.05) is 18.2 Å². The molecule has 0 saturated heterocycles. The lowest BCUT2D eigenvalue weighted by atomic mass is 9.88. The number of aromatic hydroxyl groups is 1. The highest BCUT2D eigenvalue weighted by Gasteiger charge is 2.16. The minimum atomic E-state index is 0.353. The normalized spacial score (nSPS) is 13.6. The highest BCUT2D eigenvalue weighted by atomic mass is 16.5. The van der Waals surface area contributed by atoms with Crippen molar-refractivity contribution in [1.29, 1.82) is 0 Å². The number of fused-ring (bicyclic) bond motifs is 1. The van der Waals surface area contributed by atoms with E-state index in [4.69, 9.17) is 9.47 Å². The number of aryl methyl sites for hydroxylation is 2. The van der Waals surface area contributed by atoms with Crippen LogP contribution in [-0.2, 0) is 30.7 Å². The van der Waals surface area contributed by atoms with Crippen LogP contribution in [0.2, 0.25) is 0 Å². The lowest BCUT2D eigenvalue weighted by Gasteiger charge is -2.21. The third-order valence-corrected chi connectivity index (χ3v) is 5.50. The summed E-state index contributed by atoms with van der Waals surface area (Å²) in [6.45, 7) is 4.24. The molecule has 0 atom stereocenters. The molecule has 0 saturated carbocycles. The molecule has 0 aliphatic heterocycles. The van der Waals surface area contributed by atoms with E-state index < -0.39 is 0 Å². The Morgan fingerprint density at radius 2 is 1.87 bits per heavy atom. The first kappa shape index (κ1) is 22.0. The maximum Gasteiger partial charge on any atom is 0.191 e. The van der Waals surface area contributed by atoms with Gasteiger partial charge in [0.25, 0.3) is 0 Å². The van der Waals surface area contributed by atoms with Crippen molar-refractivity contribution in [3.8, 4) is 11.5 Å². The number of hydrogen-bond donors (Lipinski definition) is 3. The molecule has 0 spiro atoms. The van der Waals surface area contributed by atoms with Crippen molar-refractivity contribution < 1.29 is 14.6 Å². The average molecular weight is 412 g/mol. The van der Waals surface area contributed by atoms with E-state index in [0.29, 0.717) is 38.0 Å². The van der Waals surface area contributed by atoms with E-state index in [2.05, 4.69) is 33.8 Å². The number of phenolic OH excluding ortho intramolecular Hbond substituents is 1. The Labute approximate surface area is 179 Å². The molecule has 6 heteroatoms. The second-order valence-electron chi connectivity index (χ2n) is 7.64. The molecular weight excluding hydrogens is 378 g/mol. The lowest BCUT2D eigenvalue weighted by molar-refractivity contribution is 0.145. The van der Waals surface area contributed by atoms with Gasteiger partial charge in [0.2, 0.25) is 0 Å². The van der Waals surface area contributed by atoms with Gasteiger partial charge in [0, 0.05) is 38.4 Å². The third kappa shape index (κ3) is 5.66. The predicted molar refractivity (Wildman–Crippen MR) is 120 cm³/mol. The first-order valence-corrected chi connectivity index (χ1v) is 10.6. The molecule has 2 aromatic carbocycles. The Balaban J connectivity index is 1.63. The van der Waals surface area contributed by atoms with E-state index >= 15 is 0 Å². The monoisotopic (exact) mass is 411 g/mol. The summed E-state index contributed by atoms with van der Waals surface area (Å²) in [5.74, 6) is 1.89. The van der Waals surface area contributed by atoms with E-state index in [1.165, 1.54) is 24.0 Å². The molecule has 1 aliphatic rings. The van der Waals surface area contributed by atoms with Gasteiger partial charge < -0.3 is 25.2 Å². The number of methoxy groups -OCH3 is 1. The standard InChI is InChI=1S/C24H33N3O3/c1-17-8-9-19(23(14-17)30-13-12-29-3)15-26-24(25-2)27-16-21-20-7-5-4-6-18(20)10-11-22(21)28/h8-11,14,28H,4-7,12-13,15-16H2,1-3H3,(H2,25,26,27). The molecule has 0 aromatic heterocycles. The molecule has 0 bridgehead atoms. The largest absolute Gasteiger partial charge is 0.508 e. The van der Waals surface area contributed by atoms with Gasteiger partial charge in [0.15, 0.2) is 5.96 Å². The van der Waals surface area contributed by atoms with Crippen molar-refractivity contribution in [2.45, 2.75) is 45.7 Å². The van der Waals surface area contributed by atoms with E-state index in [-0.39, 0.29) is 0 Å². The Kier molecular flexibility index (Phi) is 7.97. The Bertz CT molecular complexity index is 880. The van der Waals surface area contributed by atoms with Crippen molar-refractivity contribution in [1.82, 2.24) is 10.6 Å². The molecule has 0 amide bonds. The van der Waals surface area contributed by atoms with Gasteiger partial charge in [-0.25, -0.2) is 0 Å². The number of hydrogen-bond acceptors (Lipinski definition) is 4. The number of rotatable bonds is 8. The van der Waals surface area contributed by atoms with E-state index in [0.717, 1.165) is 35.3 Å². The summed E-state index contributed by atoms with van der Waals surface area (Å²) in [4.78, 5) is 4.33. The van der Waals surface area contributed by atoms with Crippen LogP contribution in [0.4, 0.5) is 0 Å². The molecule has 6 nitrogen and oxygen atoms in total. The van der Waals surface area contributed by atoms with Crippen LogP contribution in [0.3, 0.4) is 0 Å². The molecule has 0 heterocycles. The van der Waals surface area contributed by atoms with Crippen LogP contribution in [0.1, 0.15) is 40.7 Å². The van der Waals surface area contributed by atoms with Crippen molar-refractivity contribution >= 4 is 5.96 Å². The number of nitrogens with zero attached hydrogens (tertiary/aromatic N) is 1. The van der Waals surface area contributed by atoms with Crippen LogP contribution in [0.15, 0.2) is 35.3 Å². The van der Waals surface area contributed by atoms with E-state index in [1.807, 2.05) is 19.1 Å². The molecule has 30 heavy (non-hydrogen) atoms. The van der Waals surface area contributed by atoms with Gasteiger partial charge in [-0.05, 0) is 61.4 Å². The predicted octanol–water partition coefficient (Wildman–Crippen LogP) is 3.47. The minimum absolute atomic E-state index is 0.353. The third-order valence-electron chi connectivity index (χ3n) is 5.50. The molecule has 1 aliphatic carbocycles. The highest BCUT2D eigenvalue weighted by Crippen LogP contribution is 2.30. The topological polar surface area (TPSA) is 75.1 Å². The first-order chi connectivity index (χ1) is 14.6. The smallest absolute Gasteiger partial charge is 0.191 e. The molecule has 0 unspecified atom stereocenters. The summed E-state index contributed by atoms with van der Waals surface area (Å²) in [7, 11) is 3.42. The van der Waals surface area contributed by atoms with Gasteiger partial charge in [0.1, 0.15) is 18.1 Å². The van der Waals surface area contributed by atoms with Crippen molar-refractivity contribution in [3.63, 3.8) is 0 Å². The van der Waals surface area contributed by atoms with E-state index in [1.54, 1.807) is 14.2 Å². The maximum atomic E-state index is 10.4. The lowest BCUT2D eigenvalue weighted by Crippen LogP contribution is -2.36. The van der Waals surface area contributed by atoms with Crippen LogP contribution in [0, 0.1) is 6.92 Å². The van der Waals surface area contributed by atoms with Gasteiger partial charge in [-0.15, -0.1) is 0 Å². The Hall–Kier alpha value is -2.73. The average Bonchev–Trinajstić information content (AvgIpc) is 2.76. The zero-order chi connectivity index (χ0) is 21.3. The zero-order valence-corrected chi connectivity index (χ0v) is 18.3. The second-order valence-corrected chi connectivity index (χ2v) is 7.64. The zero-order valence-electron chi connectivity index (χ0n) is 18.3. The maximum absolute atomic E-state index is 10.4. The molecular formula is C24H33N3O3. The summed E-state index contributed by atoms with van der Waals surface area (Å²) >= 11 is 0. The number of aliphatic imine (C=N–C) groups is 1. The van der Waals surface area contributed by atoms with Crippen LogP contribution in [0.5, 0.6) is 11.5 Å². The van der Waals surface area contributed by atoms with Crippen LogP contribution >= 0.6 is 0 Å². The van der Waals surface area contributed by atoms with Crippen molar-refractivity contribution in [3.05, 3.63) is 58.1 Å². The number of benzene rings is 2. The summed E-state index contributed by atoms with van der Waals surface area (Å²) in [6.07, 6.45) is 4.52. The summed E-state index contributed by atoms with van der Waals surface area (Å²) in [6, 6.07) is 10.1. The molecule has 0 fully saturated rings. The fourth-order valence-corrected chi connectivity index (χ4v) is 3.84. The summed E-state index contributed by atoms with van der Waals surface area (Å²) in [5, 5.41) is 17.1. The minimum Gasteiger partial charge on any atom is -0.508 e. The molecule has 3 N–H and O–H groups in total. The molecule has 2 aromatic rings. The van der Waals surface area contributed by atoms with Crippen LogP contribution in [-0.4, -0.2) is 38.4 Å². The van der Waals surface area contributed by atoms with Gasteiger partial charge in [-0.2, -0.15) is 0 Å². The van der Waals surface area contributed by atoms with Gasteiger partial charge in [0.05, 0.1) is 6.61 Å². The van der Waals surface area contributed by atoms with Gasteiger partial charge in [-0.3, -0.25) is 4.99 Å². The Morgan fingerprint density at radius 3 is 2.67 bits per heavy atom. The number of ether oxygens (including phenoxy) is 2. The summed E-state index contributed by atoms with van der Waals surface area (Å²) in [5.41, 5.74) is 5.83. The number of guanidine groups is 1. The molecule has 3 rings (SSSR count).